The smallest absolute Gasteiger partial charge is 0.159 e. The Bertz CT molecular complexity index is 4610. The third kappa shape index (κ3) is 7.44. The van der Waals surface area contributed by atoms with Crippen LogP contribution in [-0.2, 0) is 16.2 Å². The second-order valence-electron chi connectivity index (χ2n) is 23.5. The van der Waals surface area contributed by atoms with Gasteiger partial charge in [-0.2, -0.15) is 0 Å². The first-order valence-electron chi connectivity index (χ1n) is 28.0. The van der Waals surface area contributed by atoms with Crippen molar-refractivity contribution in [3.8, 4) is 11.1 Å². The Labute approximate surface area is 467 Å². The zero-order chi connectivity index (χ0) is 54.7. The van der Waals surface area contributed by atoms with Crippen LogP contribution >= 0.6 is 0 Å². The van der Waals surface area contributed by atoms with Gasteiger partial charge in [-0.15, -0.1) is 0 Å². The van der Waals surface area contributed by atoms with Gasteiger partial charge in [0.2, 0.25) is 0 Å². The Balaban J connectivity index is 0.00000140. The van der Waals surface area contributed by atoms with Crippen LogP contribution in [0.3, 0.4) is 0 Å². The van der Waals surface area contributed by atoms with Crippen LogP contribution in [0.5, 0.6) is 0 Å². The van der Waals surface area contributed by atoms with Crippen LogP contribution < -0.4 is 10.2 Å². The summed E-state index contributed by atoms with van der Waals surface area (Å²) >= 11 is 0. The standard InChI is InChI=1S/C71H54N2O3.C4H8/c1-69(2,3)42-30-34-44(35-31-42)72-58-40-56-50(67-64(58)52-21-10-15-28-62(52)75-67)38-39-51-57(71(56)54-24-12-7-18-46(54)47-19-8-13-25-55(47)71)41-60(65-53-22-11-16-29-63(53)76-68(51)65)73(45-36-32-43(33-37-45)70(4,5)6)59-26-17-23-49-48-20-9-14-27-61(48)74-66(49)59;1-3-4-2/h7-41,72H,1-6H3;3-4H,1-2H3/b;4-3-. The average Bonchev–Trinajstić information content (AvgIpc) is 4.41. The molecule has 3 aromatic heterocycles. The van der Waals surface area contributed by atoms with Crippen molar-refractivity contribution in [1.82, 2.24) is 0 Å². The van der Waals surface area contributed by atoms with Gasteiger partial charge < -0.3 is 23.5 Å². The molecule has 0 amide bonds. The number of anilines is 5. The summed E-state index contributed by atoms with van der Waals surface area (Å²) in [5.41, 5.74) is 20.5. The summed E-state index contributed by atoms with van der Waals surface area (Å²) in [6, 6.07) is 72.8. The summed E-state index contributed by atoms with van der Waals surface area (Å²) in [4.78, 5) is 2.42. The van der Waals surface area contributed by atoms with E-state index in [9.17, 15) is 0 Å². The van der Waals surface area contributed by atoms with Crippen molar-refractivity contribution in [3.63, 3.8) is 0 Å². The summed E-state index contributed by atoms with van der Waals surface area (Å²) in [5.74, 6) is 0. The lowest BCUT2D eigenvalue weighted by Crippen LogP contribution is -2.30. The van der Waals surface area contributed by atoms with Gasteiger partial charge in [0.25, 0.3) is 0 Å². The number of nitrogens with zero attached hydrogens (tertiary/aromatic N) is 1. The Hall–Kier alpha value is -9.32. The fourth-order valence-electron chi connectivity index (χ4n) is 12.8. The van der Waals surface area contributed by atoms with Crippen LogP contribution in [0.4, 0.5) is 28.4 Å². The maximum atomic E-state index is 7.38. The molecule has 15 rings (SSSR count). The molecule has 390 valence electrons. The van der Waals surface area contributed by atoms with Crippen LogP contribution in [-0.4, -0.2) is 0 Å². The first-order valence-corrected chi connectivity index (χ1v) is 28.0. The number of fused-ring (bicyclic) bond motifs is 20. The first-order chi connectivity index (χ1) is 38.9. The molecule has 0 aliphatic heterocycles. The van der Waals surface area contributed by atoms with Gasteiger partial charge in [0.15, 0.2) is 5.58 Å². The van der Waals surface area contributed by atoms with E-state index < -0.39 is 5.41 Å². The van der Waals surface area contributed by atoms with Crippen LogP contribution in [0.1, 0.15) is 99.9 Å². The monoisotopic (exact) mass is 1040 g/mol. The van der Waals surface area contributed by atoms with Crippen molar-refractivity contribution in [2.45, 2.75) is 71.6 Å². The summed E-state index contributed by atoms with van der Waals surface area (Å²) in [6.45, 7) is 17.6. The minimum absolute atomic E-state index is 0.0140. The Morgan fingerprint density at radius 1 is 0.412 bits per heavy atom. The molecule has 0 unspecified atom stereocenters. The van der Waals surface area contributed by atoms with Crippen LogP contribution in [0.2, 0.25) is 0 Å². The van der Waals surface area contributed by atoms with E-state index in [-0.39, 0.29) is 10.8 Å². The molecule has 0 bridgehead atoms. The SMILES string of the molecule is C/C=C\C.CC(C)(C)c1ccc(Nc2cc3c(c4oc5ccccc5c24)C=Cc2c(cc(N(c4ccc(C(C)(C)C)cc4)c4cccc5c4oc4ccccc45)c4c2oc2ccccc24)C32c3ccccc3-c3ccccc32)cc1. The van der Waals surface area contributed by atoms with E-state index in [2.05, 4.69) is 258 Å². The number of nitrogens with one attached hydrogen (secondary N) is 1. The van der Waals surface area contributed by atoms with Gasteiger partial charge in [-0.1, -0.05) is 205 Å². The van der Waals surface area contributed by atoms with Gasteiger partial charge in [0.05, 0.1) is 33.2 Å². The Morgan fingerprint density at radius 2 is 0.875 bits per heavy atom. The normalized spacial score (nSPS) is 13.5. The minimum Gasteiger partial charge on any atom is -0.455 e. The van der Waals surface area contributed by atoms with Crippen molar-refractivity contribution in [2.75, 3.05) is 10.2 Å². The molecule has 1 spiro atoms. The molecule has 80 heavy (non-hydrogen) atoms. The molecule has 3 heterocycles. The summed E-state index contributed by atoms with van der Waals surface area (Å²) < 4.78 is 21.6. The Kier molecular flexibility index (Phi) is 11.3. The zero-order valence-corrected chi connectivity index (χ0v) is 46.5. The van der Waals surface area contributed by atoms with E-state index in [1.807, 2.05) is 32.1 Å². The highest BCUT2D eigenvalue weighted by Crippen LogP contribution is 2.62. The molecular weight excluding hydrogens is 977 g/mol. The van der Waals surface area contributed by atoms with Crippen molar-refractivity contribution in [1.29, 1.82) is 0 Å². The Morgan fingerprint density at radius 3 is 1.45 bits per heavy atom. The van der Waals surface area contributed by atoms with Gasteiger partial charge in [-0.25, -0.2) is 0 Å². The predicted molar refractivity (Wildman–Crippen MR) is 337 cm³/mol. The van der Waals surface area contributed by atoms with Gasteiger partial charge >= 0.3 is 0 Å². The molecule has 0 fully saturated rings. The lowest BCUT2D eigenvalue weighted by Gasteiger charge is -2.37. The first kappa shape index (κ1) is 49.0. The summed E-state index contributed by atoms with van der Waals surface area (Å²) in [6.07, 6.45) is 8.60. The number of benzene rings is 10. The third-order valence-corrected chi connectivity index (χ3v) is 16.8. The number of hydrogen-bond donors (Lipinski definition) is 1. The molecule has 1 N–H and O–H groups in total. The molecule has 0 saturated carbocycles. The molecule has 2 aliphatic rings. The maximum Gasteiger partial charge on any atom is 0.159 e. The molecule has 13 aromatic rings. The van der Waals surface area contributed by atoms with Crippen LogP contribution in [0.15, 0.2) is 226 Å². The number of hydrogen-bond acceptors (Lipinski definition) is 5. The highest BCUT2D eigenvalue weighted by Gasteiger charge is 2.50. The van der Waals surface area contributed by atoms with Gasteiger partial charge in [-0.3, -0.25) is 0 Å². The molecule has 5 heteroatoms. The van der Waals surface area contributed by atoms with Crippen molar-refractivity contribution < 1.29 is 13.3 Å². The third-order valence-electron chi connectivity index (χ3n) is 16.8. The van der Waals surface area contributed by atoms with Crippen LogP contribution in [0.25, 0.3) is 89.1 Å². The molecular formula is C75H62N2O3. The van der Waals surface area contributed by atoms with Crippen molar-refractivity contribution in [2.24, 2.45) is 0 Å². The van der Waals surface area contributed by atoms with E-state index in [1.165, 1.54) is 33.4 Å². The zero-order valence-electron chi connectivity index (χ0n) is 46.5. The highest BCUT2D eigenvalue weighted by molar-refractivity contribution is 6.20. The summed E-state index contributed by atoms with van der Waals surface area (Å²) in [7, 11) is 0. The lowest BCUT2D eigenvalue weighted by atomic mass is 9.65. The maximum absolute atomic E-state index is 7.38. The molecule has 0 radical (unpaired) electrons. The highest BCUT2D eigenvalue weighted by atomic mass is 16.3. The van der Waals surface area contributed by atoms with E-state index in [4.69, 9.17) is 13.3 Å². The lowest BCUT2D eigenvalue weighted by molar-refractivity contribution is 0.590. The van der Waals surface area contributed by atoms with Crippen LogP contribution in [0, 0.1) is 0 Å². The summed E-state index contributed by atoms with van der Waals surface area (Å²) in [5, 5.41) is 10.3. The van der Waals surface area contributed by atoms with E-state index in [1.54, 1.807) is 0 Å². The second-order valence-corrected chi connectivity index (χ2v) is 23.5. The number of allylic oxidation sites excluding steroid dienone is 2. The fourth-order valence-corrected chi connectivity index (χ4v) is 12.8. The molecule has 5 nitrogen and oxygen atoms in total. The quantitative estimate of drug-likeness (QED) is 0.174. The molecule has 0 atom stereocenters. The number of rotatable bonds is 5. The predicted octanol–water partition coefficient (Wildman–Crippen LogP) is 21.6. The van der Waals surface area contributed by atoms with Crippen molar-refractivity contribution in [3.05, 3.63) is 257 Å². The largest absolute Gasteiger partial charge is 0.455 e. The topological polar surface area (TPSA) is 54.7 Å². The van der Waals surface area contributed by atoms with E-state index in [0.29, 0.717) is 0 Å². The number of furan rings is 3. The minimum atomic E-state index is -0.893. The molecule has 0 saturated heterocycles. The van der Waals surface area contributed by atoms with Gasteiger partial charge in [0, 0.05) is 44.0 Å². The van der Waals surface area contributed by atoms with Gasteiger partial charge in [-0.05, 0) is 130 Å². The van der Waals surface area contributed by atoms with E-state index in [0.717, 1.165) is 117 Å². The molecule has 2 aliphatic carbocycles. The fraction of sp³-hybridized carbons (Fsp3) is 0.147. The van der Waals surface area contributed by atoms with Gasteiger partial charge in [0.1, 0.15) is 27.9 Å². The molecule has 10 aromatic carbocycles. The average molecular weight is 1040 g/mol. The van der Waals surface area contributed by atoms with Crippen molar-refractivity contribution >= 4 is 106 Å². The second kappa shape index (κ2) is 18.4. The van der Waals surface area contributed by atoms with E-state index >= 15 is 0 Å². The number of para-hydroxylation sites is 4.